The highest BCUT2D eigenvalue weighted by atomic mass is 16.6. The van der Waals surface area contributed by atoms with Crippen LogP contribution in [0.5, 0.6) is 0 Å². The molecule has 3 rings (SSSR count). The lowest BCUT2D eigenvalue weighted by molar-refractivity contribution is -0.389. The van der Waals surface area contributed by atoms with Crippen molar-refractivity contribution < 1.29 is 24.2 Å². The molecule has 12 heteroatoms. The average molecular weight is 449 g/mol. The van der Waals surface area contributed by atoms with Gasteiger partial charge < -0.3 is 20.7 Å². The van der Waals surface area contributed by atoms with Crippen LogP contribution in [0.15, 0.2) is 66.9 Å². The Balaban J connectivity index is 1.61. The van der Waals surface area contributed by atoms with Gasteiger partial charge in [-0.25, -0.2) is 0 Å². The van der Waals surface area contributed by atoms with Gasteiger partial charge >= 0.3 is 5.82 Å². The molecular weight excluding hydrogens is 434 g/mol. The van der Waals surface area contributed by atoms with Crippen molar-refractivity contribution in [1.29, 1.82) is 0 Å². The molecule has 0 fully saturated rings. The van der Waals surface area contributed by atoms with Crippen LogP contribution in [-0.2, 0) is 0 Å². The number of Topliss-reactive ketones (excluding diaryl/α,β-unsaturated/α-hetero) is 1. The van der Waals surface area contributed by atoms with Crippen LogP contribution in [0.1, 0.15) is 31.1 Å². The van der Waals surface area contributed by atoms with E-state index < -0.39 is 33.3 Å². The maximum atomic E-state index is 12.4. The van der Waals surface area contributed by atoms with Gasteiger partial charge in [0.1, 0.15) is 11.9 Å². The number of aromatic nitrogens is 1. The van der Waals surface area contributed by atoms with Crippen LogP contribution >= 0.6 is 0 Å². The number of anilines is 1. The molecule has 0 atom stereocenters. The number of hydrogen-bond donors (Lipinski definition) is 2. The third kappa shape index (κ3) is 5.58. The number of nitrogens with zero attached hydrogens (tertiary/aromatic N) is 3. The average Bonchev–Trinajstić information content (AvgIpc) is 2.82. The number of carbonyl (C=O) groups is 3. The first-order valence-electron chi connectivity index (χ1n) is 9.33. The molecule has 0 aliphatic heterocycles. The van der Waals surface area contributed by atoms with Crippen molar-refractivity contribution in [3.8, 4) is 0 Å². The zero-order chi connectivity index (χ0) is 24.0. The minimum Gasteiger partial charge on any atom is -0.358 e. The van der Waals surface area contributed by atoms with E-state index in [9.17, 15) is 34.6 Å². The van der Waals surface area contributed by atoms with Crippen molar-refractivity contribution >= 4 is 34.8 Å². The van der Waals surface area contributed by atoms with E-state index in [1.165, 1.54) is 48.5 Å². The van der Waals surface area contributed by atoms with Crippen molar-refractivity contribution in [2.45, 2.75) is 0 Å². The third-order valence-electron chi connectivity index (χ3n) is 4.42. The number of ketones is 1. The van der Waals surface area contributed by atoms with Crippen LogP contribution in [-0.4, -0.2) is 39.0 Å². The lowest BCUT2D eigenvalue weighted by Gasteiger charge is -2.07. The van der Waals surface area contributed by atoms with Gasteiger partial charge in [0.15, 0.2) is 5.78 Å². The number of nitro groups is 2. The van der Waals surface area contributed by atoms with Gasteiger partial charge in [0, 0.05) is 23.3 Å². The van der Waals surface area contributed by atoms with Crippen molar-refractivity contribution in [2.24, 2.45) is 0 Å². The number of nitro benzene ring substituents is 1. The summed E-state index contributed by atoms with van der Waals surface area (Å²) in [6, 6.07) is 13.4. The van der Waals surface area contributed by atoms with E-state index in [0.717, 1.165) is 12.3 Å². The molecule has 1 aromatic heterocycles. The Morgan fingerprint density at radius 2 is 1.48 bits per heavy atom. The van der Waals surface area contributed by atoms with Crippen LogP contribution in [0, 0.1) is 20.2 Å². The Hall–Kier alpha value is -5.00. The van der Waals surface area contributed by atoms with Gasteiger partial charge in [-0.3, -0.25) is 24.5 Å². The van der Waals surface area contributed by atoms with Crippen molar-refractivity contribution in [2.75, 3.05) is 11.9 Å². The smallest absolute Gasteiger partial charge is 0.358 e. The molecule has 12 nitrogen and oxygen atoms in total. The van der Waals surface area contributed by atoms with E-state index in [2.05, 4.69) is 15.6 Å². The first-order chi connectivity index (χ1) is 15.8. The second-order valence-corrected chi connectivity index (χ2v) is 6.57. The predicted molar refractivity (Wildman–Crippen MR) is 115 cm³/mol. The fourth-order valence-corrected chi connectivity index (χ4v) is 2.76. The summed E-state index contributed by atoms with van der Waals surface area (Å²) in [6.07, 6.45) is 1.11. The molecule has 3 aromatic rings. The van der Waals surface area contributed by atoms with Crippen molar-refractivity contribution in [3.05, 3.63) is 104 Å². The molecule has 2 aromatic carbocycles. The van der Waals surface area contributed by atoms with Crippen LogP contribution in [0.25, 0.3) is 0 Å². The molecule has 0 unspecified atom stereocenters. The Labute approximate surface area is 185 Å². The molecule has 0 saturated heterocycles. The fraction of sp³-hybridized carbons (Fsp3) is 0.0476. The first kappa shape index (κ1) is 22.7. The molecule has 0 saturated carbocycles. The monoisotopic (exact) mass is 449 g/mol. The minimum absolute atomic E-state index is 0.0217. The van der Waals surface area contributed by atoms with Gasteiger partial charge in [0.05, 0.1) is 17.0 Å². The Kier molecular flexibility index (Phi) is 6.78. The molecule has 0 radical (unpaired) electrons. The summed E-state index contributed by atoms with van der Waals surface area (Å²) in [6.45, 7) is -0.378. The molecule has 0 aliphatic rings. The van der Waals surface area contributed by atoms with Crippen molar-refractivity contribution in [3.63, 3.8) is 0 Å². The topological polar surface area (TPSA) is 174 Å². The Morgan fingerprint density at radius 3 is 2.15 bits per heavy atom. The van der Waals surface area contributed by atoms with Crippen LogP contribution in [0.2, 0.25) is 0 Å². The van der Waals surface area contributed by atoms with Gasteiger partial charge in [-0.15, -0.1) is 0 Å². The zero-order valence-electron chi connectivity index (χ0n) is 16.8. The summed E-state index contributed by atoms with van der Waals surface area (Å²) in [5.41, 5.74) is 0.127. The normalized spacial score (nSPS) is 10.2. The highest BCUT2D eigenvalue weighted by molar-refractivity contribution is 6.07. The summed E-state index contributed by atoms with van der Waals surface area (Å²) >= 11 is 0. The van der Waals surface area contributed by atoms with E-state index in [4.69, 9.17) is 0 Å². The predicted octanol–water partition coefficient (Wildman–Crippen LogP) is 2.76. The van der Waals surface area contributed by atoms with Gasteiger partial charge in [0.25, 0.3) is 17.5 Å². The van der Waals surface area contributed by atoms with E-state index in [-0.39, 0.29) is 34.6 Å². The third-order valence-corrected chi connectivity index (χ3v) is 4.42. The molecule has 2 amide bonds. The summed E-state index contributed by atoms with van der Waals surface area (Å²) < 4.78 is 0. The maximum Gasteiger partial charge on any atom is 0.364 e. The molecule has 0 aliphatic carbocycles. The second-order valence-electron chi connectivity index (χ2n) is 6.57. The number of benzene rings is 2. The maximum absolute atomic E-state index is 12.4. The number of amides is 2. The SMILES string of the molecule is O=C(CNC(=O)c1ccnc([N+](=O)[O-])c1)c1ccc(C(=O)Nc2ccccc2[N+](=O)[O-])cc1. The number of pyridine rings is 1. The lowest BCUT2D eigenvalue weighted by Crippen LogP contribution is -2.29. The standard InChI is InChI=1S/C21H15N5O7/c27-18(12-23-20(28)15-9-10-22-19(11-15)26(32)33)13-5-7-14(8-6-13)21(29)24-16-3-1-2-4-17(16)25(30)31/h1-11H,12H2,(H,23,28)(H,24,29). The number of rotatable bonds is 8. The Morgan fingerprint density at radius 1 is 0.818 bits per heavy atom. The molecule has 166 valence electrons. The number of nitrogens with one attached hydrogen (secondary N) is 2. The van der Waals surface area contributed by atoms with Crippen LogP contribution in [0.4, 0.5) is 17.2 Å². The molecule has 2 N–H and O–H groups in total. The largest absolute Gasteiger partial charge is 0.364 e. The zero-order valence-corrected chi connectivity index (χ0v) is 16.8. The molecular formula is C21H15N5O7. The molecule has 33 heavy (non-hydrogen) atoms. The lowest BCUT2D eigenvalue weighted by atomic mass is 10.1. The second kappa shape index (κ2) is 9.87. The van der Waals surface area contributed by atoms with Crippen LogP contribution in [0.3, 0.4) is 0 Å². The summed E-state index contributed by atoms with van der Waals surface area (Å²) in [4.78, 5) is 60.8. The molecule has 1 heterocycles. The summed E-state index contributed by atoms with van der Waals surface area (Å²) in [5.74, 6) is -2.24. The highest BCUT2D eigenvalue weighted by Gasteiger charge is 2.17. The van der Waals surface area contributed by atoms with E-state index in [0.29, 0.717) is 0 Å². The quantitative estimate of drug-likeness (QED) is 0.300. The Bertz CT molecular complexity index is 1260. The van der Waals surface area contributed by atoms with Crippen LogP contribution < -0.4 is 10.6 Å². The highest BCUT2D eigenvalue weighted by Crippen LogP contribution is 2.23. The number of hydrogen-bond acceptors (Lipinski definition) is 8. The van der Waals surface area contributed by atoms with Gasteiger partial charge in [-0.05, 0) is 34.2 Å². The van der Waals surface area contributed by atoms with Gasteiger partial charge in [-0.1, -0.05) is 24.3 Å². The van der Waals surface area contributed by atoms with Gasteiger partial charge in [-0.2, -0.15) is 0 Å². The summed E-state index contributed by atoms with van der Waals surface area (Å²) in [7, 11) is 0. The van der Waals surface area contributed by atoms with E-state index in [1.54, 1.807) is 6.07 Å². The van der Waals surface area contributed by atoms with E-state index >= 15 is 0 Å². The minimum atomic E-state index is -0.740. The summed E-state index contributed by atoms with van der Waals surface area (Å²) in [5, 5.41) is 26.6. The van der Waals surface area contributed by atoms with Gasteiger partial charge in [0.2, 0.25) is 0 Å². The molecule has 0 spiro atoms. The number of carbonyl (C=O) groups excluding carboxylic acids is 3. The van der Waals surface area contributed by atoms with E-state index in [1.807, 2.05) is 0 Å². The van der Waals surface area contributed by atoms with Crippen molar-refractivity contribution in [1.82, 2.24) is 10.3 Å². The first-order valence-corrected chi connectivity index (χ1v) is 9.33. The fourth-order valence-electron chi connectivity index (χ4n) is 2.76. The number of para-hydroxylation sites is 2. The molecule has 0 bridgehead atoms.